The number of primary amides is 1. The number of carbonyl (C=O) groups excluding carboxylic acids is 1. The largest absolute Gasteiger partial charge is 0.380 e. The molecule has 0 bridgehead atoms. The van der Waals surface area contributed by atoms with Gasteiger partial charge in [-0.2, -0.15) is 0 Å². The summed E-state index contributed by atoms with van der Waals surface area (Å²) in [4.78, 5) is 11.1. The minimum Gasteiger partial charge on any atom is -0.380 e. The molecule has 0 atom stereocenters. The van der Waals surface area contributed by atoms with E-state index in [2.05, 4.69) is 12.2 Å². The van der Waals surface area contributed by atoms with Crippen LogP contribution in [0.5, 0.6) is 0 Å². The number of nitrogens with two attached hydrogens (primary N) is 1. The standard InChI is InChI=1S/C14H19FN2O/c1-9-2-5-11(6-3-9)17-13-8-10(14(16)18)4-7-12(13)15/h4,7-9,11,17H,2-3,5-6H2,1H3,(H2,16,18). The van der Waals surface area contributed by atoms with E-state index >= 15 is 0 Å². The van der Waals surface area contributed by atoms with Gasteiger partial charge in [-0.3, -0.25) is 4.79 Å². The smallest absolute Gasteiger partial charge is 0.248 e. The molecule has 0 aromatic heterocycles. The van der Waals surface area contributed by atoms with Crippen LogP contribution in [-0.2, 0) is 0 Å². The summed E-state index contributed by atoms with van der Waals surface area (Å²) in [6.45, 7) is 2.24. The van der Waals surface area contributed by atoms with E-state index in [1.54, 1.807) is 0 Å². The molecule has 2 rings (SSSR count). The molecule has 3 nitrogen and oxygen atoms in total. The van der Waals surface area contributed by atoms with Gasteiger partial charge in [0, 0.05) is 11.6 Å². The van der Waals surface area contributed by atoms with Crippen molar-refractivity contribution < 1.29 is 9.18 Å². The Labute approximate surface area is 107 Å². The summed E-state index contributed by atoms with van der Waals surface area (Å²) in [7, 11) is 0. The van der Waals surface area contributed by atoms with Gasteiger partial charge in [0.05, 0.1) is 5.69 Å². The summed E-state index contributed by atoms with van der Waals surface area (Å²) in [6.07, 6.45) is 4.41. The lowest BCUT2D eigenvalue weighted by molar-refractivity contribution is 0.100. The van der Waals surface area contributed by atoms with Crippen LogP contribution in [0, 0.1) is 11.7 Å². The Morgan fingerprint density at radius 1 is 1.33 bits per heavy atom. The molecule has 0 radical (unpaired) electrons. The molecule has 0 spiro atoms. The lowest BCUT2D eigenvalue weighted by Gasteiger charge is -2.28. The topological polar surface area (TPSA) is 55.1 Å². The maximum absolute atomic E-state index is 13.7. The average molecular weight is 250 g/mol. The van der Waals surface area contributed by atoms with E-state index in [0.29, 0.717) is 17.3 Å². The van der Waals surface area contributed by atoms with Crippen LogP contribution in [0.25, 0.3) is 0 Å². The minimum atomic E-state index is -0.532. The number of halogens is 1. The fraction of sp³-hybridized carbons (Fsp3) is 0.500. The number of benzene rings is 1. The zero-order chi connectivity index (χ0) is 13.1. The van der Waals surface area contributed by atoms with Crippen molar-refractivity contribution in [2.75, 3.05) is 5.32 Å². The molecule has 1 aliphatic carbocycles. The first-order valence-electron chi connectivity index (χ1n) is 6.42. The van der Waals surface area contributed by atoms with Crippen molar-refractivity contribution in [3.05, 3.63) is 29.6 Å². The molecule has 0 saturated heterocycles. The Kier molecular flexibility index (Phi) is 3.84. The van der Waals surface area contributed by atoms with Gasteiger partial charge < -0.3 is 11.1 Å². The molecule has 0 heterocycles. The predicted octanol–water partition coefficient (Wildman–Crippen LogP) is 2.92. The van der Waals surface area contributed by atoms with Crippen molar-refractivity contribution in [1.82, 2.24) is 0 Å². The van der Waals surface area contributed by atoms with Gasteiger partial charge in [-0.25, -0.2) is 4.39 Å². The van der Waals surface area contributed by atoms with Gasteiger partial charge in [0.15, 0.2) is 0 Å². The van der Waals surface area contributed by atoms with Crippen LogP contribution >= 0.6 is 0 Å². The van der Waals surface area contributed by atoms with E-state index < -0.39 is 5.91 Å². The molecule has 1 aromatic carbocycles. The fourth-order valence-electron chi connectivity index (χ4n) is 2.41. The quantitative estimate of drug-likeness (QED) is 0.866. The molecule has 18 heavy (non-hydrogen) atoms. The van der Waals surface area contributed by atoms with Crippen molar-refractivity contribution in [3.63, 3.8) is 0 Å². The number of anilines is 1. The van der Waals surface area contributed by atoms with Crippen LogP contribution in [0.15, 0.2) is 18.2 Å². The van der Waals surface area contributed by atoms with E-state index in [1.165, 1.54) is 18.2 Å². The normalized spacial score (nSPS) is 23.7. The number of rotatable bonds is 3. The third kappa shape index (κ3) is 3.00. The zero-order valence-corrected chi connectivity index (χ0v) is 10.6. The van der Waals surface area contributed by atoms with Gasteiger partial charge >= 0.3 is 0 Å². The summed E-state index contributed by atoms with van der Waals surface area (Å²) in [6, 6.07) is 4.48. The molecule has 0 unspecified atom stereocenters. The predicted molar refractivity (Wildman–Crippen MR) is 70.0 cm³/mol. The van der Waals surface area contributed by atoms with Crippen molar-refractivity contribution in [1.29, 1.82) is 0 Å². The molecule has 4 heteroatoms. The highest BCUT2D eigenvalue weighted by atomic mass is 19.1. The van der Waals surface area contributed by atoms with Crippen molar-refractivity contribution in [2.45, 2.75) is 38.6 Å². The summed E-state index contributed by atoms with van der Waals surface area (Å²) in [5.74, 6) is -0.112. The van der Waals surface area contributed by atoms with Crippen molar-refractivity contribution >= 4 is 11.6 Å². The number of hydrogen-bond acceptors (Lipinski definition) is 2. The number of amides is 1. The third-order valence-electron chi connectivity index (χ3n) is 3.63. The van der Waals surface area contributed by atoms with Gasteiger partial charge in [0.25, 0.3) is 0 Å². The average Bonchev–Trinajstić information content (AvgIpc) is 2.34. The Balaban J connectivity index is 2.08. The first kappa shape index (κ1) is 12.9. The molecule has 0 aliphatic heterocycles. The van der Waals surface area contributed by atoms with Crippen LogP contribution < -0.4 is 11.1 Å². The monoisotopic (exact) mass is 250 g/mol. The lowest BCUT2D eigenvalue weighted by Crippen LogP contribution is -2.26. The number of nitrogens with one attached hydrogen (secondary N) is 1. The van der Waals surface area contributed by atoms with Gasteiger partial charge in [-0.15, -0.1) is 0 Å². The van der Waals surface area contributed by atoms with E-state index in [1.807, 2.05) is 0 Å². The molecular formula is C14H19FN2O. The SMILES string of the molecule is CC1CCC(Nc2cc(C(N)=O)ccc2F)CC1. The lowest BCUT2D eigenvalue weighted by atomic mass is 9.87. The fourth-order valence-corrected chi connectivity index (χ4v) is 2.41. The molecule has 1 aromatic rings. The molecule has 1 saturated carbocycles. The summed E-state index contributed by atoms with van der Waals surface area (Å²) in [5, 5.41) is 3.18. The van der Waals surface area contributed by atoms with E-state index in [-0.39, 0.29) is 5.82 Å². The van der Waals surface area contributed by atoms with E-state index in [9.17, 15) is 9.18 Å². The number of hydrogen-bond donors (Lipinski definition) is 2. The maximum atomic E-state index is 13.7. The maximum Gasteiger partial charge on any atom is 0.248 e. The summed E-state index contributed by atoms with van der Waals surface area (Å²) < 4.78 is 13.7. The molecule has 1 amide bonds. The Hall–Kier alpha value is -1.58. The molecule has 98 valence electrons. The van der Waals surface area contributed by atoms with E-state index in [4.69, 9.17) is 5.73 Å². The van der Waals surface area contributed by atoms with Gasteiger partial charge in [-0.1, -0.05) is 6.92 Å². The molecular weight excluding hydrogens is 231 g/mol. The zero-order valence-electron chi connectivity index (χ0n) is 10.6. The second-order valence-corrected chi connectivity index (χ2v) is 5.16. The Morgan fingerprint density at radius 2 is 2.00 bits per heavy atom. The van der Waals surface area contributed by atoms with Crippen molar-refractivity contribution in [3.8, 4) is 0 Å². The van der Waals surface area contributed by atoms with Gasteiger partial charge in [-0.05, 0) is 49.8 Å². The van der Waals surface area contributed by atoms with Crippen LogP contribution in [0.4, 0.5) is 10.1 Å². The first-order chi connectivity index (χ1) is 8.56. The highest BCUT2D eigenvalue weighted by molar-refractivity contribution is 5.93. The van der Waals surface area contributed by atoms with E-state index in [0.717, 1.165) is 31.6 Å². The number of carbonyl (C=O) groups is 1. The van der Waals surface area contributed by atoms with Crippen molar-refractivity contribution in [2.24, 2.45) is 11.7 Å². The summed E-state index contributed by atoms with van der Waals surface area (Å²) >= 11 is 0. The highest BCUT2D eigenvalue weighted by Crippen LogP contribution is 2.27. The summed E-state index contributed by atoms with van der Waals surface area (Å²) in [5.41, 5.74) is 5.91. The second kappa shape index (κ2) is 5.38. The van der Waals surface area contributed by atoms with Gasteiger partial charge in [0.1, 0.15) is 5.82 Å². The first-order valence-corrected chi connectivity index (χ1v) is 6.42. The molecule has 1 fully saturated rings. The Bertz CT molecular complexity index is 439. The molecule has 1 aliphatic rings. The van der Waals surface area contributed by atoms with Crippen LogP contribution in [0.1, 0.15) is 43.0 Å². The van der Waals surface area contributed by atoms with Crippen LogP contribution in [0.2, 0.25) is 0 Å². The highest BCUT2D eigenvalue weighted by Gasteiger charge is 2.19. The molecule has 3 N–H and O–H groups in total. The van der Waals surface area contributed by atoms with Crippen LogP contribution in [0.3, 0.4) is 0 Å². The Morgan fingerprint density at radius 3 is 2.61 bits per heavy atom. The van der Waals surface area contributed by atoms with Gasteiger partial charge in [0.2, 0.25) is 5.91 Å². The second-order valence-electron chi connectivity index (χ2n) is 5.16. The third-order valence-corrected chi connectivity index (χ3v) is 3.63. The van der Waals surface area contributed by atoms with Crippen LogP contribution in [-0.4, -0.2) is 11.9 Å². The minimum absolute atomic E-state index is 0.291.